The smallest absolute Gasteiger partial charge is 0.306 e. The summed E-state index contributed by atoms with van der Waals surface area (Å²) < 4.78 is 16.9. The summed E-state index contributed by atoms with van der Waals surface area (Å²) in [5.41, 5.74) is 0. The van der Waals surface area contributed by atoms with Crippen LogP contribution in [0.15, 0.2) is 0 Å². The first-order valence-electron chi connectivity index (χ1n) is 30.9. The van der Waals surface area contributed by atoms with Crippen molar-refractivity contribution in [3.63, 3.8) is 0 Å². The lowest BCUT2D eigenvalue weighted by molar-refractivity contribution is -0.167. The standard InChI is InChI=1S/C62H120O6/c1-5-7-9-11-13-15-17-19-25-30-33-37-41-45-49-53-60(63)66-56-59(68-62(65)55-51-47-43-39-35-29-20-18-16-14-12-10-8-6-2)57-67-61(64)54-50-46-42-38-34-31-27-24-22-21-23-26-28-32-36-40-44-48-52-58(3)4/h58-59H,5-57H2,1-4H3/t59-/m0/s1. The van der Waals surface area contributed by atoms with Crippen LogP contribution in [0.4, 0.5) is 0 Å². The van der Waals surface area contributed by atoms with E-state index in [0.717, 1.165) is 63.7 Å². The van der Waals surface area contributed by atoms with Crippen LogP contribution in [0.25, 0.3) is 0 Å². The van der Waals surface area contributed by atoms with E-state index in [-0.39, 0.29) is 31.1 Å². The summed E-state index contributed by atoms with van der Waals surface area (Å²) in [6, 6.07) is 0. The van der Waals surface area contributed by atoms with Gasteiger partial charge in [-0.25, -0.2) is 0 Å². The fourth-order valence-corrected chi connectivity index (χ4v) is 9.63. The van der Waals surface area contributed by atoms with Crippen molar-refractivity contribution in [2.24, 2.45) is 5.92 Å². The van der Waals surface area contributed by atoms with Gasteiger partial charge in [-0.1, -0.05) is 317 Å². The molecule has 0 aromatic rings. The van der Waals surface area contributed by atoms with E-state index >= 15 is 0 Å². The van der Waals surface area contributed by atoms with Crippen molar-refractivity contribution in [1.82, 2.24) is 0 Å². The van der Waals surface area contributed by atoms with Gasteiger partial charge in [-0.3, -0.25) is 14.4 Å². The summed E-state index contributed by atoms with van der Waals surface area (Å²) in [6.45, 7) is 9.09. The fraction of sp³-hybridized carbons (Fsp3) is 0.952. The lowest BCUT2D eigenvalue weighted by Gasteiger charge is -2.18. The van der Waals surface area contributed by atoms with Crippen LogP contribution in [0.2, 0.25) is 0 Å². The second-order valence-electron chi connectivity index (χ2n) is 21.8. The molecule has 0 aliphatic rings. The van der Waals surface area contributed by atoms with Crippen LogP contribution in [0.1, 0.15) is 355 Å². The Morgan fingerprint density at radius 3 is 0.721 bits per heavy atom. The Morgan fingerprint density at radius 2 is 0.485 bits per heavy atom. The molecule has 0 saturated carbocycles. The zero-order chi connectivity index (χ0) is 49.5. The molecule has 0 saturated heterocycles. The van der Waals surface area contributed by atoms with Crippen molar-refractivity contribution in [3.8, 4) is 0 Å². The van der Waals surface area contributed by atoms with Crippen molar-refractivity contribution in [1.29, 1.82) is 0 Å². The largest absolute Gasteiger partial charge is 0.462 e. The fourth-order valence-electron chi connectivity index (χ4n) is 9.63. The lowest BCUT2D eigenvalue weighted by atomic mass is 10.0. The SMILES string of the molecule is CCCCCCCCCCCCCCCCCC(=O)OC[C@@H](COC(=O)CCCCCCCCCCCCCCCCCCCCC(C)C)OC(=O)CCCCCCCCCCCCCCCC. The van der Waals surface area contributed by atoms with Gasteiger partial charge in [0.25, 0.3) is 0 Å². The first-order valence-corrected chi connectivity index (χ1v) is 30.9. The average Bonchev–Trinajstić information content (AvgIpc) is 3.32. The van der Waals surface area contributed by atoms with E-state index in [1.807, 2.05) is 0 Å². The van der Waals surface area contributed by atoms with Crippen molar-refractivity contribution >= 4 is 17.9 Å². The summed E-state index contributed by atoms with van der Waals surface area (Å²) >= 11 is 0. The van der Waals surface area contributed by atoms with Crippen LogP contribution in [-0.4, -0.2) is 37.2 Å². The normalized spacial score (nSPS) is 12.0. The third-order valence-electron chi connectivity index (χ3n) is 14.3. The molecule has 404 valence electrons. The van der Waals surface area contributed by atoms with Gasteiger partial charge in [0.05, 0.1) is 0 Å². The van der Waals surface area contributed by atoms with Crippen LogP contribution in [0.5, 0.6) is 0 Å². The number of ether oxygens (including phenoxy) is 3. The highest BCUT2D eigenvalue weighted by molar-refractivity contribution is 5.71. The van der Waals surface area contributed by atoms with Gasteiger partial charge in [-0.2, -0.15) is 0 Å². The number of hydrogen-bond donors (Lipinski definition) is 0. The van der Waals surface area contributed by atoms with E-state index < -0.39 is 6.10 Å². The number of carbonyl (C=O) groups is 3. The van der Waals surface area contributed by atoms with Gasteiger partial charge in [0.2, 0.25) is 0 Å². The lowest BCUT2D eigenvalue weighted by Crippen LogP contribution is -2.30. The summed E-state index contributed by atoms with van der Waals surface area (Å²) in [5, 5.41) is 0. The highest BCUT2D eigenvalue weighted by Crippen LogP contribution is 2.18. The first-order chi connectivity index (χ1) is 33.4. The van der Waals surface area contributed by atoms with E-state index in [4.69, 9.17) is 14.2 Å². The van der Waals surface area contributed by atoms with Crippen LogP contribution in [-0.2, 0) is 28.6 Å². The Hall–Kier alpha value is -1.59. The quantitative estimate of drug-likeness (QED) is 0.0343. The summed E-state index contributed by atoms with van der Waals surface area (Å²) in [7, 11) is 0. The number of hydrogen-bond acceptors (Lipinski definition) is 6. The van der Waals surface area contributed by atoms with Gasteiger partial charge < -0.3 is 14.2 Å². The number of carbonyl (C=O) groups excluding carboxylic acids is 3. The third kappa shape index (κ3) is 55.3. The molecular weight excluding hydrogens is 841 g/mol. The predicted molar refractivity (Wildman–Crippen MR) is 293 cm³/mol. The van der Waals surface area contributed by atoms with Gasteiger partial charge >= 0.3 is 17.9 Å². The highest BCUT2D eigenvalue weighted by Gasteiger charge is 2.19. The topological polar surface area (TPSA) is 78.9 Å². The second kappa shape index (κ2) is 56.3. The first kappa shape index (κ1) is 66.4. The van der Waals surface area contributed by atoms with E-state index in [0.29, 0.717) is 19.3 Å². The molecule has 0 aromatic heterocycles. The molecule has 0 spiro atoms. The minimum absolute atomic E-state index is 0.0613. The Bertz CT molecular complexity index is 1030. The molecule has 6 heteroatoms. The molecule has 0 aromatic carbocycles. The maximum absolute atomic E-state index is 12.9. The summed E-state index contributed by atoms with van der Waals surface area (Å²) in [5.74, 6) is 0.0293. The zero-order valence-corrected chi connectivity index (χ0v) is 46.6. The van der Waals surface area contributed by atoms with Gasteiger partial charge in [-0.05, 0) is 25.2 Å². The molecule has 0 aliphatic carbocycles. The van der Waals surface area contributed by atoms with Crippen LogP contribution >= 0.6 is 0 Å². The monoisotopic (exact) mass is 961 g/mol. The molecule has 0 amide bonds. The van der Waals surface area contributed by atoms with Gasteiger partial charge in [0.15, 0.2) is 6.10 Å². The molecule has 0 aliphatic heterocycles. The number of unbranched alkanes of at least 4 members (excludes halogenated alkanes) is 44. The molecule has 0 fully saturated rings. The summed E-state index contributed by atoms with van der Waals surface area (Å²) in [4.78, 5) is 38.2. The summed E-state index contributed by atoms with van der Waals surface area (Å²) in [6.07, 6.45) is 62.4. The third-order valence-corrected chi connectivity index (χ3v) is 14.3. The molecule has 0 bridgehead atoms. The highest BCUT2D eigenvalue weighted by atomic mass is 16.6. The van der Waals surface area contributed by atoms with Crippen molar-refractivity contribution in [2.75, 3.05) is 13.2 Å². The molecule has 68 heavy (non-hydrogen) atoms. The van der Waals surface area contributed by atoms with Crippen LogP contribution in [0.3, 0.4) is 0 Å². The molecular formula is C62H120O6. The molecule has 0 radical (unpaired) electrons. The van der Waals surface area contributed by atoms with Crippen LogP contribution in [0, 0.1) is 5.92 Å². The maximum Gasteiger partial charge on any atom is 0.306 e. The van der Waals surface area contributed by atoms with E-state index in [1.165, 1.54) is 250 Å². The van der Waals surface area contributed by atoms with Crippen LogP contribution < -0.4 is 0 Å². The van der Waals surface area contributed by atoms with Crippen molar-refractivity contribution in [2.45, 2.75) is 361 Å². The molecule has 0 N–H and O–H groups in total. The van der Waals surface area contributed by atoms with Crippen molar-refractivity contribution < 1.29 is 28.6 Å². The molecule has 6 nitrogen and oxygen atoms in total. The maximum atomic E-state index is 12.9. The van der Waals surface area contributed by atoms with Gasteiger partial charge in [0.1, 0.15) is 13.2 Å². The predicted octanol–water partition coefficient (Wildman–Crippen LogP) is 20.6. The zero-order valence-electron chi connectivity index (χ0n) is 46.6. The Morgan fingerprint density at radius 1 is 0.279 bits per heavy atom. The molecule has 0 heterocycles. The Kier molecular flexibility index (Phi) is 55.0. The average molecular weight is 962 g/mol. The van der Waals surface area contributed by atoms with Gasteiger partial charge in [0, 0.05) is 19.3 Å². The van der Waals surface area contributed by atoms with Crippen molar-refractivity contribution in [3.05, 3.63) is 0 Å². The second-order valence-corrected chi connectivity index (χ2v) is 21.8. The van der Waals surface area contributed by atoms with E-state index in [9.17, 15) is 14.4 Å². The molecule has 0 unspecified atom stereocenters. The van der Waals surface area contributed by atoms with Gasteiger partial charge in [-0.15, -0.1) is 0 Å². The minimum Gasteiger partial charge on any atom is -0.462 e. The number of rotatable bonds is 57. The minimum atomic E-state index is -0.762. The molecule has 0 rings (SSSR count). The van der Waals surface area contributed by atoms with E-state index in [1.54, 1.807) is 0 Å². The number of esters is 3. The Labute approximate surface area is 425 Å². The molecule has 1 atom stereocenters. The Balaban J connectivity index is 4.24. The van der Waals surface area contributed by atoms with E-state index in [2.05, 4.69) is 27.7 Å².